The van der Waals surface area contributed by atoms with Crippen molar-refractivity contribution in [2.24, 2.45) is 0 Å². The summed E-state index contributed by atoms with van der Waals surface area (Å²) in [5.41, 5.74) is 0. The van der Waals surface area contributed by atoms with Gasteiger partial charge < -0.3 is 24.8 Å². The first-order valence-electron chi connectivity index (χ1n) is 11.1. The Morgan fingerprint density at radius 3 is 2.07 bits per heavy atom. The van der Waals surface area contributed by atoms with E-state index in [1.807, 2.05) is 0 Å². The summed E-state index contributed by atoms with van der Waals surface area (Å²) >= 11 is 0. The average Bonchev–Trinajstić information content (AvgIpc) is 3.00. The van der Waals surface area contributed by atoms with Gasteiger partial charge in [0, 0.05) is 0 Å². The van der Waals surface area contributed by atoms with Crippen LogP contribution in [0.15, 0.2) is 12.2 Å². The molecule has 0 aromatic heterocycles. The lowest BCUT2D eigenvalue weighted by Gasteiger charge is -2.24. The van der Waals surface area contributed by atoms with Gasteiger partial charge in [0.2, 0.25) is 0 Å². The van der Waals surface area contributed by atoms with Gasteiger partial charge in [0.25, 0.3) is 0 Å². The summed E-state index contributed by atoms with van der Waals surface area (Å²) in [5, 5.41) is 28.7. The molecular formula is C22H42O5. The van der Waals surface area contributed by atoms with Crippen molar-refractivity contribution in [2.75, 3.05) is 19.8 Å². The smallest absolute Gasteiger partial charge is 0.114 e. The number of hydrogen-bond donors (Lipinski definition) is 3. The minimum absolute atomic E-state index is 0.0878. The molecule has 1 rings (SSSR count). The Bertz CT molecular complexity index is 361. The first kappa shape index (κ1) is 24.6. The molecule has 0 saturated carbocycles. The number of hydrogen-bond acceptors (Lipinski definition) is 5. The van der Waals surface area contributed by atoms with Gasteiger partial charge in [-0.15, -0.1) is 0 Å². The van der Waals surface area contributed by atoms with E-state index in [1.165, 1.54) is 64.2 Å². The van der Waals surface area contributed by atoms with E-state index in [-0.39, 0.29) is 13.2 Å². The van der Waals surface area contributed by atoms with Gasteiger partial charge in [-0.05, 0) is 19.3 Å². The summed E-state index contributed by atoms with van der Waals surface area (Å²) < 4.78 is 10.9. The van der Waals surface area contributed by atoms with Gasteiger partial charge in [-0.1, -0.05) is 76.9 Å². The van der Waals surface area contributed by atoms with Crippen LogP contribution in [0.1, 0.15) is 84.0 Å². The van der Waals surface area contributed by atoms with Crippen LogP contribution in [0.3, 0.4) is 0 Å². The fraction of sp³-hybridized carbons (Fsp3) is 0.909. The van der Waals surface area contributed by atoms with Crippen molar-refractivity contribution in [3.8, 4) is 0 Å². The Morgan fingerprint density at radius 1 is 0.926 bits per heavy atom. The molecule has 27 heavy (non-hydrogen) atoms. The summed E-state index contributed by atoms with van der Waals surface area (Å²) in [4.78, 5) is 0. The quantitative estimate of drug-likeness (QED) is 0.262. The van der Waals surface area contributed by atoms with Crippen molar-refractivity contribution < 1.29 is 24.8 Å². The number of aliphatic hydroxyl groups excluding tert-OH is 3. The maximum atomic E-state index is 9.80. The topological polar surface area (TPSA) is 79.2 Å². The van der Waals surface area contributed by atoms with Crippen LogP contribution in [0, 0.1) is 0 Å². The molecule has 0 spiro atoms. The summed E-state index contributed by atoms with van der Waals surface area (Å²) in [7, 11) is 0. The second-order valence-electron chi connectivity index (χ2n) is 7.68. The highest BCUT2D eigenvalue weighted by molar-refractivity contribution is 4.89. The highest BCUT2D eigenvalue weighted by Gasteiger charge is 2.40. The van der Waals surface area contributed by atoms with Crippen molar-refractivity contribution >= 4 is 0 Å². The first-order valence-corrected chi connectivity index (χ1v) is 11.1. The number of unbranched alkanes of at least 4 members (excludes halogenated alkanes) is 10. The zero-order chi connectivity index (χ0) is 19.7. The zero-order valence-electron chi connectivity index (χ0n) is 17.2. The molecule has 1 fully saturated rings. The van der Waals surface area contributed by atoms with Crippen LogP contribution in [0.4, 0.5) is 0 Å². The molecule has 1 heterocycles. The number of rotatable bonds is 17. The molecule has 0 aromatic carbocycles. The van der Waals surface area contributed by atoms with E-state index < -0.39 is 24.4 Å². The number of ether oxygens (including phenoxy) is 2. The summed E-state index contributed by atoms with van der Waals surface area (Å²) in [6.45, 7) is 2.60. The lowest BCUT2D eigenvalue weighted by Crippen LogP contribution is -2.42. The third-order valence-electron chi connectivity index (χ3n) is 5.24. The molecule has 1 saturated heterocycles. The SMILES string of the molecule is CCCCCCCCCCCC/C=C/CCO[C@@H](CO)[C@H]1OC[C@@H](O)[C@H]1O. The van der Waals surface area contributed by atoms with E-state index in [0.29, 0.717) is 6.61 Å². The fourth-order valence-electron chi connectivity index (χ4n) is 3.48. The molecule has 4 atom stereocenters. The van der Waals surface area contributed by atoms with Crippen LogP contribution in [0.2, 0.25) is 0 Å². The van der Waals surface area contributed by atoms with E-state index in [1.54, 1.807) is 0 Å². The van der Waals surface area contributed by atoms with Gasteiger partial charge in [-0.25, -0.2) is 0 Å². The molecule has 0 radical (unpaired) electrons. The monoisotopic (exact) mass is 386 g/mol. The molecule has 0 aromatic rings. The van der Waals surface area contributed by atoms with Crippen molar-refractivity contribution in [1.29, 1.82) is 0 Å². The molecule has 3 N–H and O–H groups in total. The first-order chi connectivity index (χ1) is 13.2. The predicted molar refractivity (Wildman–Crippen MR) is 109 cm³/mol. The molecule has 1 aliphatic heterocycles. The van der Waals surface area contributed by atoms with Gasteiger partial charge in [0.15, 0.2) is 0 Å². The van der Waals surface area contributed by atoms with Gasteiger partial charge in [-0.2, -0.15) is 0 Å². The Morgan fingerprint density at radius 2 is 1.52 bits per heavy atom. The number of allylic oxidation sites excluding steroid dienone is 1. The Balaban J connectivity index is 1.91. The molecule has 1 aliphatic rings. The second kappa shape index (κ2) is 16.5. The standard InChI is InChI=1S/C22H42O5/c1-2-3-4-5-6-7-8-9-10-11-12-13-14-15-16-26-20(17-23)22-21(25)19(24)18-27-22/h13-14,19-25H,2-12,15-18H2,1H3/b14-13+/t19-,20+,21-,22-/m1/s1. The minimum Gasteiger partial charge on any atom is -0.394 e. The summed E-state index contributed by atoms with van der Waals surface area (Å²) in [6, 6.07) is 0. The molecule has 0 amide bonds. The molecule has 5 heteroatoms. The molecule has 0 unspecified atom stereocenters. The Kier molecular flexibility index (Phi) is 15.0. The Hall–Kier alpha value is -0.460. The van der Waals surface area contributed by atoms with E-state index in [4.69, 9.17) is 9.47 Å². The second-order valence-corrected chi connectivity index (χ2v) is 7.68. The molecule has 0 bridgehead atoms. The van der Waals surface area contributed by atoms with Crippen LogP contribution in [0.25, 0.3) is 0 Å². The fourth-order valence-corrected chi connectivity index (χ4v) is 3.48. The maximum absolute atomic E-state index is 9.80. The highest BCUT2D eigenvalue weighted by Crippen LogP contribution is 2.19. The van der Waals surface area contributed by atoms with Crippen molar-refractivity contribution in [2.45, 2.75) is 108 Å². The van der Waals surface area contributed by atoms with Crippen LogP contribution in [-0.4, -0.2) is 59.6 Å². The lowest BCUT2D eigenvalue weighted by atomic mass is 10.1. The van der Waals surface area contributed by atoms with Crippen LogP contribution in [-0.2, 0) is 9.47 Å². The van der Waals surface area contributed by atoms with E-state index >= 15 is 0 Å². The summed E-state index contributed by atoms with van der Waals surface area (Å²) in [5.74, 6) is 0. The van der Waals surface area contributed by atoms with E-state index in [0.717, 1.165) is 12.8 Å². The van der Waals surface area contributed by atoms with Crippen LogP contribution in [0.5, 0.6) is 0 Å². The van der Waals surface area contributed by atoms with Gasteiger partial charge in [-0.3, -0.25) is 0 Å². The molecule has 160 valence electrons. The third-order valence-corrected chi connectivity index (χ3v) is 5.24. The number of aliphatic hydroxyl groups is 3. The van der Waals surface area contributed by atoms with Gasteiger partial charge >= 0.3 is 0 Å². The van der Waals surface area contributed by atoms with Crippen molar-refractivity contribution in [3.05, 3.63) is 12.2 Å². The van der Waals surface area contributed by atoms with Crippen molar-refractivity contribution in [3.63, 3.8) is 0 Å². The highest BCUT2D eigenvalue weighted by atomic mass is 16.6. The zero-order valence-corrected chi connectivity index (χ0v) is 17.2. The van der Waals surface area contributed by atoms with E-state index in [9.17, 15) is 15.3 Å². The lowest BCUT2D eigenvalue weighted by molar-refractivity contribution is -0.0996. The molecule has 5 nitrogen and oxygen atoms in total. The normalized spacial score (nSPS) is 24.1. The maximum Gasteiger partial charge on any atom is 0.114 e. The van der Waals surface area contributed by atoms with Gasteiger partial charge in [0.1, 0.15) is 24.4 Å². The molecular weight excluding hydrogens is 344 g/mol. The minimum atomic E-state index is -0.992. The average molecular weight is 387 g/mol. The van der Waals surface area contributed by atoms with Crippen molar-refractivity contribution in [1.82, 2.24) is 0 Å². The molecule has 0 aliphatic carbocycles. The van der Waals surface area contributed by atoms with Gasteiger partial charge in [0.05, 0.1) is 19.8 Å². The van der Waals surface area contributed by atoms with E-state index in [2.05, 4.69) is 19.1 Å². The predicted octanol–water partition coefficient (Wildman–Crippen LogP) is 3.74. The van der Waals surface area contributed by atoms with Crippen LogP contribution >= 0.6 is 0 Å². The summed E-state index contributed by atoms with van der Waals surface area (Å²) in [6.07, 6.45) is 16.6. The van der Waals surface area contributed by atoms with Crippen LogP contribution < -0.4 is 0 Å². The third kappa shape index (κ3) is 11.2. The largest absolute Gasteiger partial charge is 0.394 e. The Labute approximate surface area is 165 Å².